The van der Waals surface area contributed by atoms with Gasteiger partial charge in [-0.15, -0.1) is 0 Å². The summed E-state index contributed by atoms with van der Waals surface area (Å²) in [4.78, 5) is 2.55. The summed E-state index contributed by atoms with van der Waals surface area (Å²) in [6, 6.07) is 8.81. The lowest BCUT2D eigenvalue weighted by molar-refractivity contribution is 0.134. The molecule has 1 unspecified atom stereocenters. The largest absolute Gasteiger partial charge is 0.491 e. The number of ether oxygens (including phenoxy) is 1. The van der Waals surface area contributed by atoms with E-state index < -0.39 is 0 Å². The molecular formula is C18H30N2O. The van der Waals surface area contributed by atoms with Crippen molar-refractivity contribution in [2.75, 3.05) is 19.6 Å². The first kappa shape index (κ1) is 16.3. The van der Waals surface area contributed by atoms with E-state index in [4.69, 9.17) is 10.5 Å². The molecule has 3 heteroatoms. The van der Waals surface area contributed by atoms with Crippen LogP contribution in [-0.4, -0.2) is 30.6 Å². The van der Waals surface area contributed by atoms with Crippen molar-refractivity contribution < 1.29 is 4.74 Å². The first-order valence-corrected chi connectivity index (χ1v) is 8.34. The predicted molar refractivity (Wildman–Crippen MR) is 88.6 cm³/mol. The fourth-order valence-corrected chi connectivity index (χ4v) is 3.21. The summed E-state index contributed by atoms with van der Waals surface area (Å²) in [6.07, 6.45) is 4.14. The van der Waals surface area contributed by atoms with Crippen molar-refractivity contribution in [2.24, 2.45) is 11.7 Å². The molecule has 0 saturated carbocycles. The number of rotatable bonds is 6. The molecule has 1 fully saturated rings. The normalized spacial score (nSPS) is 18.9. The van der Waals surface area contributed by atoms with Gasteiger partial charge in [0.2, 0.25) is 0 Å². The average Bonchev–Trinajstić information content (AvgIpc) is 2.50. The van der Waals surface area contributed by atoms with Gasteiger partial charge in [-0.05, 0) is 63.4 Å². The fourth-order valence-electron chi connectivity index (χ4n) is 3.21. The molecule has 2 rings (SSSR count). The number of nitrogens with zero attached hydrogens (tertiary/aromatic N) is 1. The maximum Gasteiger partial charge on any atom is 0.119 e. The third kappa shape index (κ3) is 4.45. The highest BCUT2D eigenvalue weighted by Gasteiger charge is 2.24. The molecule has 0 radical (unpaired) electrons. The zero-order valence-corrected chi connectivity index (χ0v) is 13.7. The van der Waals surface area contributed by atoms with Crippen molar-refractivity contribution in [1.29, 1.82) is 0 Å². The van der Waals surface area contributed by atoms with Crippen LogP contribution in [0.1, 0.15) is 51.6 Å². The van der Waals surface area contributed by atoms with Gasteiger partial charge in [-0.3, -0.25) is 4.90 Å². The average molecular weight is 290 g/mol. The zero-order valence-electron chi connectivity index (χ0n) is 13.7. The molecule has 0 amide bonds. The van der Waals surface area contributed by atoms with Crippen molar-refractivity contribution >= 4 is 0 Å². The highest BCUT2D eigenvalue weighted by atomic mass is 16.5. The smallest absolute Gasteiger partial charge is 0.119 e. The third-order valence-corrected chi connectivity index (χ3v) is 4.53. The van der Waals surface area contributed by atoms with Gasteiger partial charge in [-0.25, -0.2) is 0 Å². The van der Waals surface area contributed by atoms with Gasteiger partial charge in [0.15, 0.2) is 0 Å². The second-order valence-electron chi connectivity index (χ2n) is 6.37. The van der Waals surface area contributed by atoms with E-state index in [0.29, 0.717) is 12.6 Å². The zero-order chi connectivity index (χ0) is 15.2. The maximum atomic E-state index is 6.05. The minimum atomic E-state index is 0.217. The van der Waals surface area contributed by atoms with Gasteiger partial charge in [0.1, 0.15) is 5.75 Å². The summed E-state index contributed by atoms with van der Waals surface area (Å²) in [5.74, 6) is 1.84. The van der Waals surface area contributed by atoms with Crippen LogP contribution in [0, 0.1) is 5.92 Å². The molecule has 3 nitrogen and oxygen atoms in total. The molecule has 1 aromatic rings. The van der Waals surface area contributed by atoms with Crippen molar-refractivity contribution in [2.45, 2.75) is 52.2 Å². The van der Waals surface area contributed by atoms with Crippen molar-refractivity contribution in [3.8, 4) is 5.75 Å². The molecule has 0 aliphatic carbocycles. The Balaban J connectivity index is 2.00. The van der Waals surface area contributed by atoms with E-state index in [2.05, 4.69) is 49.9 Å². The molecule has 21 heavy (non-hydrogen) atoms. The molecular weight excluding hydrogens is 260 g/mol. The van der Waals surface area contributed by atoms with Gasteiger partial charge in [-0.1, -0.05) is 25.5 Å². The molecule has 0 bridgehead atoms. The van der Waals surface area contributed by atoms with Crippen LogP contribution in [0.5, 0.6) is 5.75 Å². The van der Waals surface area contributed by atoms with Crippen LogP contribution in [0.25, 0.3) is 0 Å². The Morgan fingerprint density at radius 2 is 1.81 bits per heavy atom. The van der Waals surface area contributed by atoms with Crippen LogP contribution in [0.3, 0.4) is 0 Å². The standard InChI is InChI=1S/C18H30N2O/c1-4-15-9-11-20(12-10-15)18(13-19)16-5-7-17(8-6-16)21-14(2)3/h5-8,14-15,18H,4,9-13,19H2,1-3H3. The molecule has 1 heterocycles. The van der Waals surface area contributed by atoms with Crippen molar-refractivity contribution in [3.05, 3.63) is 29.8 Å². The molecule has 1 atom stereocenters. The topological polar surface area (TPSA) is 38.5 Å². The van der Waals surface area contributed by atoms with E-state index in [9.17, 15) is 0 Å². The predicted octanol–water partition coefficient (Wildman–Crippen LogP) is 3.60. The van der Waals surface area contributed by atoms with E-state index in [-0.39, 0.29) is 6.10 Å². The summed E-state index contributed by atoms with van der Waals surface area (Å²) < 4.78 is 5.71. The second-order valence-corrected chi connectivity index (χ2v) is 6.37. The van der Waals surface area contributed by atoms with Gasteiger partial charge in [0.25, 0.3) is 0 Å². The second kappa shape index (κ2) is 7.81. The first-order chi connectivity index (χ1) is 10.1. The summed E-state index contributed by atoms with van der Waals surface area (Å²) in [6.45, 7) is 9.42. The van der Waals surface area contributed by atoms with Crippen LogP contribution in [0.2, 0.25) is 0 Å². The Bertz CT molecular complexity index is 408. The molecule has 1 aliphatic heterocycles. The third-order valence-electron chi connectivity index (χ3n) is 4.53. The van der Waals surface area contributed by atoms with Gasteiger partial charge in [-0.2, -0.15) is 0 Å². The number of hydrogen-bond acceptors (Lipinski definition) is 3. The summed E-state index contributed by atoms with van der Waals surface area (Å²) in [5.41, 5.74) is 7.36. The molecule has 1 aliphatic rings. The number of benzene rings is 1. The van der Waals surface area contributed by atoms with E-state index >= 15 is 0 Å². The SMILES string of the molecule is CCC1CCN(C(CN)c2ccc(OC(C)C)cc2)CC1. The summed E-state index contributed by atoms with van der Waals surface area (Å²) >= 11 is 0. The fraction of sp³-hybridized carbons (Fsp3) is 0.667. The number of hydrogen-bond donors (Lipinski definition) is 1. The lowest BCUT2D eigenvalue weighted by atomic mass is 9.92. The molecule has 1 saturated heterocycles. The highest BCUT2D eigenvalue weighted by molar-refractivity contribution is 5.29. The van der Waals surface area contributed by atoms with Crippen molar-refractivity contribution in [1.82, 2.24) is 4.90 Å². The Morgan fingerprint density at radius 3 is 2.29 bits per heavy atom. The van der Waals surface area contributed by atoms with Gasteiger partial charge >= 0.3 is 0 Å². The Labute approximate surface area is 129 Å². The van der Waals surface area contributed by atoms with Crippen LogP contribution >= 0.6 is 0 Å². The molecule has 118 valence electrons. The van der Waals surface area contributed by atoms with E-state index in [1.807, 2.05) is 0 Å². The molecule has 2 N–H and O–H groups in total. The van der Waals surface area contributed by atoms with E-state index in [1.54, 1.807) is 0 Å². The van der Waals surface area contributed by atoms with Crippen LogP contribution in [0.15, 0.2) is 24.3 Å². The van der Waals surface area contributed by atoms with Gasteiger partial charge in [0, 0.05) is 12.6 Å². The summed E-state index contributed by atoms with van der Waals surface area (Å²) in [5, 5.41) is 0. The lowest BCUT2D eigenvalue weighted by Gasteiger charge is -2.37. The molecule has 0 spiro atoms. The van der Waals surface area contributed by atoms with E-state index in [1.165, 1.54) is 37.9 Å². The molecule has 0 aromatic heterocycles. The first-order valence-electron chi connectivity index (χ1n) is 8.34. The quantitative estimate of drug-likeness (QED) is 0.870. The Kier molecular flexibility index (Phi) is 6.07. The van der Waals surface area contributed by atoms with Crippen LogP contribution in [-0.2, 0) is 0 Å². The van der Waals surface area contributed by atoms with Crippen molar-refractivity contribution in [3.63, 3.8) is 0 Å². The number of nitrogens with two attached hydrogens (primary N) is 1. The number of likely N-dealkylation sites (tertiary alicyclic amines) is 1. The monoisotopic (exact) mass is 290 g/mol. The van der Waals surface area contributed by atoms with Crippen LogP contribution in [0.4, 0.5) is 0 Å². The minimum absolute atomic E-state index is 0.217. The Hall–Kier alpha value is -1.06. The number of piperidine rings is 1. The van der Waals surface area contributed by atoms with Crippen LogP contribution < -0.4 is 10.5 Å². The summed E-state index contributed by atoms with van der Waals surface area (Å²) in [7, 11) is 0. The maximum absolute atomic E-state index is 6.05. The molecule has 1 aromatic carbocycles. The lowest BCUT2D eigenvalue weighted by Crippen LogP contribution is -2.39. The minimum Gasteiger partial charge on any atom is -0.491 e. The highest BCUT2D eigenvalue weighted by Crippen LogP contribution is 2.28. The van der Waals surface area contributed by atoms with Gasteiger partial charge < -0.3 is 10.5 Å². The van der Waals surface area contributed by atoms with Gasteiger partial charge in [0.05, 0.1) is 6.10 Å². The Morgan fingerprint density at radius 1 is 1.19 bits per heavy atom. The van der Waals surface area contributed by atoms with E-state index in [0.717, 1.165) is 11.7 Å².